The predicted octanol–water partition coefficient (Wildman–Crippen LogP) is 3.02. The monoisotopic (exact) mass is 247 g/mol. The van der Waals surface area contributed by atoms with E-state index in [4.69, 9.17) is 5.73 Å². The highest BCUT2D eigenvalue weighted by Gasteiger charge is 2.19. The molecule has 0 saturated carbocycles. The predicted molar refractivity (Wildman–Crippen MR) is 71.2 cm³/mol. The van der Waals surface area contributed by atoms with Crippen LogP contribution in [0.25, 0.3) is 0 Å². The Kier molecular flexibility index (Phi) is 3.54. The number of rotatable bonds is 3. The maximum absolute atomic E-state index is 6.28. The van der Waals surface area contributed by atoms with E-state index in [1.807, 2.05) is 0 Å². The third kappa shape index (κ3) is 2.53. The fourth-order valence-electron chi connectivity index (χ4n) is 1.75. The van der Waals surface area contributed by atoms with Crippen molar-refractivity contribution in [1.82, 2.24) is 9.59 Å². The normalized spacial score (nSPS) is 13.0. The van der Waals surface area contributed by atoms with Gasteiger partial charge in [-0.2, -0.15) is 0 Å². The SMILES string of the molecule is Cc1ccc(C(N)c2snnc2C(C)C)cc1. The minimum Gasteiger partial charge on any atom is -0.320 e. The highest BCUT2D eigenvalue weighted by Crippen LogP contribution is 2.29. The molecule has 0 fully saturated rings. The number of aryl methyl sites for hydroxylation is 1. The van der Waals surface area contributed by atoms with Crippen LogP contribution in [0.2, 0.25) is 0 Å². The number of nitrogens with zero attached hydrogens (tertiary/aromatic N) is 2. The van der Waals surface area contributed by atoms with Crippen LogP contribution in [-0.2, 0) is 0 Å². The molecule has 1 unspecified atom stereocenters. The molecule has 1 aromatic carbocycles. The number of hydrogen-bond acceptors (Lipinski definition) is 4. The molecule has 0 radical (unpaired) electrons. The Morgan fingerprint density at radius 1 is 1.18 bits per heavy atom. The first-order valence-corrected chi connectivity index (χ1v) is 6.51. The summed E-state index contributed by atoms with van der Waals surface area (Å²) >= 11 is 1.40. The molecular weight excluding hydrogens is 230 g/mol. The third-order valence-electron chi connectivity index (χ3n) is 2.81. The first kappa shape index (κ1) is 12.2. The molecule has 0 bridgehead atoms. The summed E-state index contributed by atoms with van der Waals surface area (Å²) in [5.41, 5.74) is 9.65. The van der Waals surface area contributed by atoms with Crippen molar-refractivity contribution in [3.8, 4) is 0 Å². The van der Waals surface area contributed by atoms with Crippen LogP contribution in [-0.4, -0.2) is 9.59 Å². The Hall–Kier alpha value is -1.26. The molecule has 0 aliphatic heterocycles. The Bertz CT molecular complexity index is 488. The fourth-order valence-corrected chi connectivity index (χ4v) is 2.58. The number of hydrogen-bond donors (Lipinski definition) is 1. The van der Waals surface area contributed by atoms with E-state index in [1.54, 1.807) is 0 Å². The Morgan fingerprint density at radius 3 is 2.41 bits per heavy atom. The van der Waals surface area contributed by atoms with Gasteiger partial charge in [-0.25, -0.2) is 0 Å². The minimum atomic E-state index is -0.118. The van der Waals surface area contributed by atoms with Crippen molar-refractivity contribution in [3.63, 3.8) is 0 Å². The standard InChI is InChI=1S/C13H17N3S/c1-8(2)12-13(17-16-15-12)11(14)10-6-4-9(3)5-7-10/h4-8,11H,14H2,1-3H3. The summed E-state index contributed by atoms with van der Waals surface area (Å²) in [5.74, 6) is 0.361. The molecule has 2 N–H and O–H groups in total. The molecule has 0 aliphatic rings. The van der Waals surface area contributed by atoms with E-state index in [0.29, 0.717) is 5.92 Å². The van der Waals surface area contributed by atoms with Crippen molar-refractivity contribution < 1.29 is 0 Å². The molecule has 0 saturated heterocycles. The zero-order chi connectivity index (χ0) is 12.4. The zero-order valence-electron chi connectivity index (χ0n) is 10.3. The Labute approximate surface area is 106 Å². The molecule has 1 heterocycles. The summed E-state index contributed by atoms with van der Waals surface area (Å²) < 4.78 is 4.02. The van der Waals surface area contributed by atoms with Crippen LogP contribution in [0.1, 0.15) is 47.5 Å². The topological polar surface area (TPSA) is 51.8 Å². The molecule has 3 nitrogen and oxygen atoms in total. The number of nitrogens with two attached hydrogens (primary N) is 1. The number of aromatic nitrogens is 2. The lowest BCUT2D eigenvalue weighted by atomic mass is 10.0. The van der Waals surface area contributed by atoms with Gasteiger partial charge in [0.05, 0.1) is 16.6 Å². The van der Waals surface area contributed by atoms with Crippen LogP contribution in [0.5, 0.6) is 0 Å². The summed E-state index contributed by atoms with van der Waals surface area (Å²) in [6, 6.07) is 8.19. The molecule has 1 atom stereocenters. The average molecular weight is 247 g/mol. The van der Waals surface area contributed by atoms with E-state index in [2.05, 4.69) is 54.6 Å². The lowest BCUT2D eigenvalue weighted by Gasteiger charge is -2.12. The van der Waals surface area contributed by atoms with Gasteiger partial charge in [-0.3, -0.25) is 0 Å². The van der Waals surface area contributed by atoms with Gasteiger partial charge >= 0.3 is 0 Å². The summed E-state index contributed by atoms with van der Waals surface area (Å²) in [4.78, 5) is 1.07. The molecule has 4 heteroatoms. The maximum Gasteiger partial charge on any atom is 0.0832 e. The second kappa shape index (κ2) is 4.94. The van der Waals surface area contributed by atoms with Gasteiger partial charge in [0.1, 0.15) is 0 Å². The molecular formula is C13H17N3S. The first-order valence-electron chi connectivity index (χ1n) is 5.74. The largest absolute Gasteiger partial charge is 0.320 e. The van der Waals surface area contributed by atoms with Crippen LogP contribution in [0, 0.1) is 6.92 Å². The van der Waals surface area contributed by atoms with E-state index in [-0.39, 0.29) is 6.04 Å². The molecule has 0 amide bonds. The zero-order valence-corrected chi connectivity index (χ0v) is 11.2. The van der Waals surface area contributed by atoms with Gasteiger partial charge in [0, 0.05) is 0 Å². The first-order chi connectivity index (χ1) is 8.09. The Balaban J connectivity index is 2.33. The molecule has 2 rings (SSSR count). The van der Waals surface area contributed by atoms with Crippen LogP contribution in [0.15, 0.2) is 24.3 Å². The van der Waals surface area contributed by atoms with E-state index >= 15 is 0 Å². The summed E-state index contributed by atoms with van der Waals surface area (Å²) in [6.45, 7) is 6.30. The van der Waals surface area contributed by atoms with E-state index in [0.717, 1.165) is 16.1 Å². The highest BCUT2D eigenvalue weighted by molar-refractivity contribution is 7.05. The lowest BCUT2D eigenvalue weighted by molar-refractivity contribution is 0.770. The maximum atomic E-state index is 6.28. The summed E-state index contributed by atoms with van der Waals surface area (Å²) in [5, 5.41) is 4.17. The van der Waals surface area contributed by atoms with Crippen LogP contribution in [0.4, 0.5) is 0 Å². The van der Waals surface area contributed by atoms with Gasteiger partial charge in [0.25, 0.3) is 0 Å². The second-order valence-electron chi connectivity index (χ2n) is 4.57. The van der Waals surface area contributed by atoms with Crippen molar-refractivity contribution in [1.29, 1.82) is 0 Å². The van der Waals surface area contributed by atoms with Gasteiger partial charge in [-0.15, -0.1) is 5.10 Å². The fraction of sp³-hybridized carbons (Fsp3) is 0.385. The Morgan fingerprint density at radius 2 is 1.82 bits per heavy atom. The quantitative estimate of drug-likeness (QED) is 0.907. The average Bonchev–Trinajstić information content (AvgIpc) is 2.78. The van der Waals surface area contributed by atoms with E-state index in [9.17, 15) is 0 Å². The summed E-state index contributed by atoms with van der Waals surface area (Å²) in [7, 11) is 0. The van der Waals surface area contributed by atoms with Crippen LogP contribution < -0.4 is 5.73 Å². The van der Waals surface area contributed by atoms with Gasteiger partial charge in [-0.05, 0) is 29.9 Å². The molecule has 0 spiro atoms. The number of benzene rings is 1. The molecule has 90 valence electrons. The van der Waals surface area contributed by atoms with Crippen molar-refractivity contribution >= 4 is 11.5 Å². The van der Waals surface area contributed by atoms with Crippen molar-refractivity contribution in [2.45, 2.75) is 32.7 Å². The highest BCUT2D eigenvalue weighted by atomic mass is 32.1. The van der Waals surface area contributed by atoms with Crippen molar-refractivity contribution in [2.24, 2.45) is 5.73 Å². The van der Waals surface area contributed by atoms with Gasteiger partial charge < -0.3 is 5.73 Å². The molecule has 1 aromatic heterocycles. The third-order valence-corrected chi connectivity index (χ3v) is 3.63. The smallest absolute Gasteiger partial charge is 0.0832 e. The van der Waals surface area contributed by atoms with Gasteiger partial charge in [0.15, 0.2) is 0 Å². The van der Waals surface area contributed by atoms with E-state index < -0.39 is 0 Å². The van der Waals surface area contributed by atoms with E-state index in [1.165, 1.54) is 17.1 Å². The minimum absolute atomic E-state index is 0.118. The second-order valence-corrected chi connectivity index (χ2v) is 5.35. The van der Waals surface area contributed by atoms with Crippen molar-refractivity contribution in [2.75, 3.05) is 0 Å². The lowest BCUT2D eigenvalue weighted by Crippen LogP contribution is -2.12. The van der Waals surface area contributed by atoms with Crippen molar-refractivity contribution in [3.05, 3.63) is 46.0 Å². The molecule has 0 aliphatic carbocycles. The van der Waals surface area contributed by atoms with Gasteiger partial charge in [-0.1, -0.05) is 48.2 Å². The molecule has 17 heavy (non-hydrogen) atoms. The van der Waals surface area contributed by atoms with Crippen LogP contribution >= 0.6 is 11.5 Å². The van der Waals surface area contributed by atoms with Gasteiger partial charge in [0.2, 0.25) is 0 Å². The molecule has 2 aromatic rings. The van der Waals surface area contributed by atoms with Crippen LogP contribution in [0.3, 0.4) is 0 Å². The summed E-state index contributed by atoms with van der Waals surface area (Å²) in [6.07, 6.45) is 0.